The average Bonchev–Trinajstić information content (AvgIpc) is 2.56. The van der Waals surface area contributed by atoms with Gasteiger partial charge in [0.05, 0.1) is 17.2 Å². The van der Waals surface area contributed by atoms with Crippen LogP contribution in [0.5, 0.6) is 0 Å². The molecular formula is C15H15F6N3O5. The third kappa shape index (κ3) is 8.15. The number of carbonyl (C=O) groups is 3. The molecule has 3 amide bonds. The second kappa shape index (κ2) is 9.34. The Bertz CT molecular complexity index is 734. The first-order valence-corrected chi connectivity index (χ1v) is 7.74. The van der Waals surface area contributed by atoms with Crippen molar-refractivity contribution in [1.82, 2.24) is 16.0 Å². The largest absolute Gasteiger partial charge is 0.465 e. The molecule has 162 valence electrons. The van der Waals surface area contributed by atoms with E-state index in [1.54, 1.807) is 0 Å². The zero-order valence-electron chi connectivity index (χ0n) is 14.3. The fourth-order valence-corrected chi connectivity index (χ4v) is 2.16. The van der Waals surface area contributed by atoms with Gasteiger partial charge in [0.15, 0.2) is 0 Å². The maximum atomic E-state index is 12.8. The minimum Gasteiger partial charge on any atom is -0.465 e. The van der Waals surface area contributed by atoms with Gasteiger partial charge in [0, 0.05) is 18.7 Å². The van der Waals surface area contributed by atoms with Crippen LogP contribution in [0.25, 0.3) is 0 Å². The SMILES string of the molecule is O=C(O)NCC[C@@H](CNC(=O)c1cc(C(F)(F)F)cc(C(F)(F)F)c1)NC(=O)O. The molecule has 0 saturated heterocycles. The van der Waals surface area contributed by atoms with Gasteiger partial charge in [0.25, 0.3) is 5.91 Å². The summed E-state index contributed by atoms with van der Waals surface area (Å²) in [5.74, 6) is -1.30. The van der Waals surface area contributed by atoms with Crippen molar-refractivity contribution in [2.75, 3.05) is 13.1 Å². The third-order valence-electron chi connectivity index (χ3n) is 3.46. The van der Waals surface area contributed by atoms with Gasteiger partial charge in [0.2, 0.25) is 0 Å². The van der Waals surface area contributed by atoms with E-state index < -0.39 is 59.7 Å². The number of hydrogen-bond donors (Lipinski definition) is 5. The Kier molecular flexibility index (Phi) is 7.68. The quantitative estimate of drug-likeness (QED) is 0.424. The molecule has 1 atom stereocenters. The fraction of sp³-hybridized carbons (Fsp3) is 0.400. The summed E-state index contributed by atoms with van der Waals surface area (Å²) in [6.07, 6.45) is -13.3. The van der Waals surface area contributed by atoms with Crippen molar-refractivity contribution in [2.24, 2.45) is 0 Å². The molecule has 0 bridgehead atoms. The molecule has 0 aliphatic heterocycles. The molecule has 29 heavy (non-hydrogen) atoms. The highest BCUT2D eigenvalue weighted by atomic mass is 19.4. The van der Waals surface area contributed by atoms with E-state index in [4.69, 9.17) is 10.2 Å². The smallest absolute Gasteiger partial charge is 0.416 e. The number of carboxylic acid groups (broad SMARTS) is 2. The Morgan fingerprint density at radius 2 is 1.38 bits per heavy atom. The maximum absolute atomic E-state index is 12.8. The van der Waals surface area contributed by atoms with Crippen molar-refractivity contribution >= 4 is 18.1 Å². The van der Waals surface area contributed by atoms with Gasteiger partial charge in [-0.2, -0.15) is 26.3 Å². The number of halogens is 6. The molecule has 0 spiro atoms. The summed E-state index contributed by atoms with van der Waals surface area (Å²) in [6, 6.07) is -0.730. The fourth-order valence-electron chi connectivity index (χ4n) is 2.16. The average molecular weight is 431 g/mol. The first-order chi connectivity index (χ1) is 13.2. The number of carbonyl (C=O) groups excluding carboxylic acids is 1. The van der Waals surface area contributed by atoms with Crippen LogP contribution in [0.2, 0.25) is 0 Å². The van der Waals surface area contributed by atoms with Gasteiger partial charge in [-0.1, -0.05) is 0 Å². The van der Waals surface area contributed by atoms with Crippen LogP contribution in [-0.2, 0) is 12.4 Å². The minimum atomic E-state index is -5.13. The number of amides is 3. The summed E-state index contributed by atoms with van der Waals surface area (Å²) in [7, 11) is 0. The van der Waals surface area contributed by atoms with Crippen LogP contribution in [0.1, 0.15) is 27.9 Å². The summed E-state index contributed by atoms with van der Waals surface area (Å²) in [5.41, 5.74) is -4.28. The van der Waals surface area contributed by atoms with Crippen molar-refractivity contribution in [1.29, 1.82) is 0 Å². The van der Waals surface area contributed by atoms with Crippen LogP contribution < -0.4 is 16.0 Å². The molecule has 0 unspecified atom stereocenters. The number of alkyl halides is 6. The monoisotopic (exact) mass is 431 g/mol. The number of rotatable bonds is 7. The molecule has 1 aromatic carbocycles. The second-order valence-electron chi connectivity index (χ2n) is 5.67. The number of nitrogens with one attached hydrogen (secondary N) is 3. The molecule has 8 nitrogen and oxygen atoms in total. The van der Waals surface area contributed by atoms with Gasteiger partial charge in [-0.05, 0) is 24.6 Å². The highest BCUT2D eigenvalue weighted by Gasteiger charge is 2.37. The van der Waals surface area contributed by atoms with E-state index >= 15 is 0 Å². The minimum absolute atomic E-state index is 0.136. The zero-order valence-corrected chi connectivity index (χ0v) is 14.3. The standard InChI is InChI=1S/C15H15F6N3O5/c16-14(17,18)8-3-7(4-9(5-8)15(19,20)21)11(25)23-6-10(24-13(28)29)1-2-22-12(26)27/h3-5,10,22,24H,1-2,6H2,(H,23,25)(H,26,27)(H,28,29)/t10-/m0/s1. The van der Waals surface area contributed by atoms with Crippen LogP contribution in [0.3, 0.4) is 0 Å². The zero-order chi connectivity index (χ0) is 22.4. The van der Waals surface area contributed by atoms with Gasteiger partial charge in [0.1, 0.15) is 0 Å². The van der Waals surface area contributed by atoms with Crippen molar-refractivity contribution in [3.63, 3.8) is 0 Å². The molecule has 5 N–H and O–H groups in total. The summed E-state index contributed by atoms with van der Waals surface area (Å²) in [6.45, 7) is -0.734. The molecule has 1 aromatic rings. The Morgan fingerprint density at radius 3 is 1.79 bits per heavy atom. The molecule has 0 aliphatic carbocycles. The lowest BCUT2D eigenvalue weighted by Gasteiger charge is -2.18. The van der Waals surface area contributed by atoms with Gasteiger partial charge >= 0.3 is 24.5 Å². The first-order valence-electron chi connectivity index (χ1n) is 7.74. The van der Waals surface area contributed by atoms with Crippen LogP contribution in [-0.4, -0.2) is 47.4 Å². The highest BCUT2D eigenvalue weighted by Crippen LogP contribution is 2.36. The molecule has 14 heteroatoms. The lowest BCUT2D eigenvalue weighted by atomic mass is 10.0. The van der Waals surface area contributed by atoms with E-state index in [-0.39, 0.29) is 31.2 Å². The van der Waals surface area contributed by atoms with Crippen LogP contribution in [0.4, 0.5) is 35.9 Å². The van der Waals surface area contributed by atoms with E-state index in [1.165, 1.54) is 0 Å². The molecule has 0 aromatic heterocycles. The van der Waals surface area contributed by atoms with Crippen molar-refractivity contribution < 1.29 is 50.9 Å². The van der Waals surface area contributed by atoms with E-state index in [0.717, 1.165) is 0 Å². The number of hydrogen-bond acceptors (Lipinski definition) is 3. The highest BCUT2D eigenvalue weighted by molar-refractivity contribution is 5.94. The summed E-state index contributed by atoms with van der Waals surface area (Å²) in [5, 5.41) is 23.1. The van der Waals surface area contributed by atoms with Gasteiger partial charge in [-0.25, -0.2) is 9.59 Å². The second-order valence-corrected chi connectivity index (χ2v) is 5.67. The Labute approximate surface area is 158 Å². The molecule has 1 rings (SSSR count). The van der Waals surface area contributed by atoms with E-state index in [0.29, 0.717) is 0 Å². The van der Waals surface area contributed by atoms with Crippen LogP contribution in [0, 0.1) is 0 Å². The normalized spacial score (nSPS) is 12.8. The lowest BCUT2D eigenvalue weighted by Crippen LogP contribution is -2.45. The van der Waals surface area contributed by atoms with Gasteiger partial charge in [-0.15, -0.1) is 0 Å². The predicted molar refractivity (Wildman–Crippen MR) is 84.4 cm³/mol. The van der Waals surface area contributed by atoms with E-state index in [9.17, 15) is 40.7 Å². The summed E-state index contributed by atoms with van der Waals surface area (Å²) in [4.78, 5) is 33.1. The lowest BCUT2D eigenvalue weighted by molar-refractivity contribution is -0.143. The van der Waals surface area contributed by atoms with E-state index in [1.807, 2.05) is 16.0 Å². The predicted octanol–water partition coefficient (Wildman–Crippen LogP) is 2.75. The Morgan fingerprint density at radius 1 is 0.862 bits per heavy atom. The topological polar surface area (TPSA) is 128 Å². The maximum Gasteiger partial charge on any atom is 0.416 e. The molecule has 0 saturated carbocycles. The van der Waals surface area contributed by atoms with Crippen LogP contribution >= 0.6 is 0 Å². The summed E-state index contributed by atoms with van der Waals surface area (Å²) < 4.78 is 77.0. The van der Waals surface area contributed by atoms with Crippen molar-refractivity contribution in [3.05, 3.63) is 34.9 Å². The Balaban J connectivity index is 2.98. The third-order valence-corrected chi connectivity index (χ3v) is 3.46. The summed E-state index contributed by atoms with van der Waals surface area (Å²) >= 11 is 0. The van der Waals surface area contributed by atoms with Gasteiger partial charge < -0.3 is 26.2 Å². The number of benzene rings is 1. The van der Waals surface area contributed by atoms with Gasteiger partial charge in [-0.3, -0.25) is 4.79 Å². The van der Waals surface area contributed by atoms with Crippen molar-refractivity contribution in [3.8, 4) is 0 Å². The molecule has 0 heterocycles. The van der Waals surface area contributed by atoms with Crippen LogP contribution in [0.15, 0.2) is 18.2 Å². The molecule has 0 radical (unpaired) electrons. The molecule has 0 fully saturated rings. The van der Waals surface area contributed by atoms with E-state index in [2.05, 4.69) is 0 Å². The molecule has 0 aliphatic rings. The van der Waals surface area contributed by atoms with Crippen molar-refractivity contribution in [2.45, 2.75) is 24.8 Å². The Hall–Kier alpha value is -3.19. The molecular weight excluding hydrogens is 416 g/mol. The first kappa shape index (κ1) is 23.8.